The van der Waals surface area contributed by atoms with E-state index in [4.69, 9.17) is 16.3 Å². The van der Waals surface area contributed by atoms with Gasteiger partial charge in [0.1, 0.15) is 16.9 Å². The molecule has 0 saturated carbocycles. The van der Waals surface area contributed by atoms with E-state index in [0.29, 0.717) is 10.2 Å². The molecule has 0 aliphatic carbocycles. The predicted octanol–water partition coefficient (Wildman–Crippen LogP) is 6.37. The number of hydrogen-bond donors (Lipinski definition) is 3. The molecule has 1 aliphatic rings. The van der Waals surface area contributed by atoms with Crippen LogP contribution in [0.5, 0.6) is 17.2 Å². The number of ether oxygens (including phenoxy) is 3. The highest BCUT2D eigenvalue weighted by Crippen LogP contribution is 2.49. The summed E-state index contributed by atoms with van der Waals surface area (Å²) >= 11 is 6.50. The highest BCUT2D eigenvalue weighted by molar-refractivity contribution is 6.35. The molecule has 10 nitrogen and oxygen atoms in total. The number of nitrogens with one attached hydrogen (secondary N) is 1. The highest BCUT2D eigenvalue weighted by atomic mass is 35.5. The number of hydrogen-bond acceptors (Lipinski definition) is 8. The summed E-state index contributed by atoms with van der Waals surface area (Å²) in [5.41, 5.74) is -2.61. The summed E-state index contributed by atoms with van der Waals surface area (Å²) in [4.78, 5) is 18.2. The first kappa shape index (κ1) is 33.0. The van der Waals surface area contributed by atoms with Crippen LogP contribution in [0.3, 0.4) is 0 Å². The van der Waals surface area contributed by atoms with Crippen molar-refractivity contribution in [1.82, 2.24) is 20.1 Å². The molecule has 0 spiro atoms. The number of alkyl halides is 4. The van der Waals surface area contributed by atoms with Crippen molar-refractivity contribution in [3.05, 3.63) is 100 Å². The molecule has 48 heavy (non-hydrogen) atoms. The summed E-state index contributed by atoms with van der Waals surface area (Å²) < 4.78 is 69.1. The first-order valence-corrected chi connectivity index (χ1v) is 14.7. The maximum atomic E-state index is 13.8. The number of amides is 1. The molecule has 250 valence electrons. The average Bonchev–Trinajstić information content (AvgIpc) is 3.63. The summed E-state index contributed by atoms with van der Waals surface area (Å²) in [7, 11) is 1.31. The molecule has 0 saturated heterocycles. The standard InChI is InChI=1S/C33H27ClF4N4O6/c1-31(2,44)20-13-22(21-9-10-23-28(26(21)34)48-33(37,38)47-23)40-25(14-20)32(45,19-7-5-4-6-8-19)16-39-29(43)17-11-18-15-42(30(35)36)41-27(18)24(12-17)46-3/h4-15,30,44-45H,16H2,1-3H3,(H,39,43)/t32-/m1/s1. The fraction of sp³-hybridized carbons (Fsp3) is 0.242. The van der Waals surface area contributed by atoms with Gasteiger partial charge in [0, 0.05) is 22.7 Å². The van der Waals surface area contributed by atoms with Crippen LogP contribution >= 0.6 is 11.6 Å². The topological polar surface area (TPSA) is 128 Å². The number of carbonyl (C=O) groups is 1. The summed E-state index contributed by atoms with van der Waals surface area (Å²) in [6.07, 6.45) is -2.85. The second kappa shape index (κ2) is 12.0. The Kier molecular flexibility index (Phi) is 8.22. The van der Waals surface area contributed by atoms with Crippen molar-refractivity contribution in [1.29, 1.82) is 0 Å². The number of benzene rings is 3. The quantitative estimate of drug-likeness (QED) is 0.153. The Hall–Kier alpha value is -4.92. The van der Waals surface area contributed by atoms with E-state index in [9.17, 15) is 32.6 Å². The van der Waals surface area contributed by atoms with Gasteiger partial charge in [-0.2, -0.15) is 13.9 Å². The third-order valence-corrected chi connectivity index (χ3v) is 8.15. The zero-order valence-corrected chi connectivity index (χ0v) is 26.2. The van der Waals surface area contributed by atoms with Gasteiger partial charge in [-0.05, 0) is 61.4 Å². The number of fused-ring (bicyclic) bond motifs is 2. The Morgan fingerprint density at radius 2 is 1.79 bits per heavy atom. The average molecular weight is 687 g/mol. The Balaban J connectivity index is 1.43. The van der Waals surface area contributed by atoms with Crippen molar-refractivity contribution >= 4 is 28.4 Å². The molecule has 0 bridgehead atoms. The third kappa shape index (κ3) is 6.09. The van der Waals surface area contributed by atoms with E-state index < -0.39 is 42.2 Å². The first-order chi connectivity index (χ1) is 22.6. The Morgan fingerprint density at radius 1 is 1.06 bits per heavy atom. The van der Waals surface area contributed by atoms with Crippen LogP contribution in [0.4, 0.5) is 17.6 Å². The molecule has 0 fully saturated rings. The minimum Gasteiger partial charge on any atom is -0.494 e. The molecule has 3 aromatic carbocycles. The van der Waals surface area contributed by atoms with Crippen molar-refractivity contribution in [2.45, 2.75) is 37.9 Å². The molecule has 1 amide bonds. The number of aromatic nitrogens is 3. The first-order valence-electron chi connectivity index (χ1n) is 14.3. The van der Waals surface area contributed by atoms with Crippen LogP contribution in [0, 0.1) is 0 Å². The Bertz CT molecular complexity index is 2040. The van der Waals surface area contributed by atoms with E-state index in [2.05, 4.69) is 24.9 Å². The van der Waals surface area contributed by atoms with Gasteiger partial charge in [-0.1, -0.05) is 41.9 Å². The van der Waals surface area contributed by atoms with E-state index in [1.807, 2.05) is 0 Å². The molecule has 6 rings (SSSR count). The number of methoxy groups -OCH3 is 1. The maximum absolute atomic E-state index is 13.8. The lowest BCUT2D eigenvalue weighted by molar-refractivity contribution is -0.286. The molecule has 5 aromatic rings. The van der Waals surface area contributed by atoms with Gasteiger partial charge in [0.25, 0.3) is 5.91 Å². The van der Waals surface area contributed by atoms with Gasteiger partial charge in [-0.25, -0.2) is 9.67 Å². The normalized spacial score (nSPS) is 15.1. The number of aliphatic hydroxyl groups is 2. The maximum Gasteiger partial charge on any atom is 0.586 e. The SMILES string of the molecule is COc1cc(C(=O)NC[C@@](O)(c2ccccc2)c2cc(C(C)(C)O)cc(-c3ccc4c(c3Cl)OC(F)(F)O4)n2)cc2cn(C(F)F)nc12. The Morgan fingerprint density at radius 3 is 2.46 bits per heavy atom. The van der Waals surface area contributed by atoms with Gasteiger partial charge in [-0.3, -0.25) is 4.79 Å². The fourth-order valence-corrected chi connectivity index (χ4v) is 5.58. The van der Waals surface area contributed by atoms with Gasteiger partial charge < -0.3 is 29.7 Å². The zero-order chi connectivity index (χ0) is 34.6. The van der Waals surface area contributed by atoms with E-state index in [0.717, 1.165) is 6.20 Å². The molecule has 1 aliphatic heterocycles. The van der Waals surface area contributed by atoms with Crippen LogP contribution in [-0.4, -0.2) is 50.8 Å². The van der Waals surface area contributed by atoms with Crippen LogP contribution in [-0.2, 0) is 11.2 Å². The summed E-state index contributed by atoms with van der Waals surface area (Å²) in [6, 6.07) is 16.5. The molecule has 0 unspecified atom stereocenters. The van der Waals surface area contributed by atoms with Gasteiger partial charge in [0.2, 0.25) is 0 Å². The lowest BCUT2D eigenvalue weighted by atomic mass is 9.86. The molecule has 3 N–H and O–H groups in total. The van der Waals surface area contributed by atoms with Crippen LogP contribution in [0.1, 0.15) is 47.6 Å². The van der Waals surface area contributed by atoms with Crippen molar-refractivity contribution < 1.29 is 46.8 Å². The van der Waals surface area contributed by atoms with Crippen LogP contribution in [0.25, 0.3) is 22.2 Å². The molecule has 1 atom stereocenters. The fourth-order valence-electron chi connectivity index (χ4n) is 5.29. The molecular weight excluding hydrogens is 660 g/mol. The van der Waals surface area contributed by atoms with Crippen molar-refractivity contribution in [2.75, 3.05) is 13.7 Å². The van der Waals surface area contributed by atoms with Gasteiger partial charge in [0.15, 0.2) is 11.5 Å². The third-order valence-electron chi connectivity index (χ3n) is 7.77. The zero-order valence-electron chi connectivity index (χ0n) is 25.5. The van der Waals surface area contributed by atoms with Crippen LogP contribution in [0.15, 0.2) is 72.9 Å². The van der Waals surface area contributed by atoms with Gasteiger partial charge in [0.05, 0.1) is 35.7 Å². The lowest BCUT2D eigenvalue weighted by Crippen LogP contribution is -2.42. The largest absolute Gasteiger partial charge is 0.586 e. The number of nitrogens with zero attached hydrogens (tertiary/aromatic N) is 3. The van der Waals surface area contributed by atoms with E-state index in [-0.39, 0.29) is 55.5 Å². The van der Waals surface area contributed by atoms with Crippen molar-refractivity contribution in [3.63, 3.8) is 0 Å². The van der Waals surface area contributed by atoms with E-state index in [1.54, 1.807) is 30.3 Å². The number of carbonyl (C=O) groups excluding carboxylic acids is 1. The molecule has 0 radical (unpaired) electrons. The Labute approximate surface area is 275 Å². The molecule has 15 heteroatoms. The summed E-state index contributed by atoms with van der Waals surface area (Å²) in [5.74, 6) is -1.30. The van der Waals surface area contributed by atoms with E-state index in [1.165, 1.54) is 57.4 Å². The van der Waals surface area contributed by atoms with Crippen molar-refractivity contribution in [2.24, 2.45) is 0 Å². The minimum absolute atomic E-state index is 0.0334. The number of rotatable bonds is 9. The molecule has 3 heterocycles. The number of halogens is 5. The smallest absolute Gasteiger partial charge is 0.494 e. The molecule has 2 aromatic heterocycles. The highest BCUT2D eigenvalue weighted by Gasteiger charge is 2.45. The van der Waals surface area contributed by atoms with Crippen LogP contribution < -0.4 is 19.5 Å². The summed E-state index contributed by atoms with van der Waals surface area (Å²) in [5, 5.41) is 29.9. The van der Waals surface area contributed by atoms with Crippen molar-refractivity contribution in [3.8, 4) is 28.5 Å². The molecular formula is C33H27ClF4N4O6. The number of pyridine rings is 1. The van der Waals surface area contributed by atoms with Crippen LogP contribution in [0.2, 0.25) is 5.02 Å². The van der Waals surface area contributed by atoms with E-state index >= 15 is 0 Å². The lowest BCUT2D eigenvalue weighted by Gasteiger charge is -2.31. The second-order valence-electron chi connectivity index (χ2n) is 11.5. The van der Waals surface area contributed by atoms with Gasteiger partial charge >= 0.3 is 12.8 Å². The monoisotopic (exact) mass is 686 g/mol. The van der Waals surface area contributed by atoms with Gasteiger partial charge in [-0.15, -0.1) is 8.78 Å². The predicted molar refractivity (Wildman–Crippen MR) is 165 cm³/mol. The second-order valence-corrected chi connectivity index (χ2v) is 11.9. The summed E-state index contributed by atoms with van der Waals surface area (Å²) in [6.45, 7) is -0.373. The minimum atomic E-state index is -3.93.